The number of hydrogen-bond acceptors (Lipinski definition) is 2. The van der Waals surface area contributed by atoms with E-state index in [0.29, 0.717) is 0 Å². The molecule has 3 heteroatoms. The van der Waals surface area contributed by atoms with Crippen molar-refractivity contribution in [3.63, 3.8) is 0 Å². The first-order chi connectivity index (χ1) is 9.20. The van der Waals surface area contributed by atoms with Crippen molar-refractivity contribution in [3.05, 3.63) is 29.6 Å². The first-order valence-electron chi connectivity index (χ1n) is 7.37. The van der Waals surface area contributed by atoms with Crippen molar-refractivity contribution in [1.82, 2.24) is 9.55 Å². The Labute approximate surface area is 114 Å². The van der Waals surface area contributed by atoms with Crippen molar-refractivity contribution in [1.29, 1.82) is 0 Å². The lowest BCUT2D eigenvalue weighted by atomic mass is 9.85. The van der Waals surface area contributed by atoms with Gasteiger partial charge in [0.2, 0.25) is 0 Å². The largest absolute Gasteiger partial charge is 0.329 e. The molecule has 0 radical (unpaired) electrons. The highest BCUT2D eigenvalue weighted by atomic mass is 15.1. The van der Waals surface area contributed by atoms with E-state index in [4.69, 9.17) is 10.7 Å². The molecule has 1 aliphatic carbocycles. The zero-order valence-corrected chi connectivity index (χ0v) is 11.9. The maximum Gasteiger partial charge on any atom is 0.117 e. The molecule has 2 aromatic rings. The van der Waals surface area contributed by atoms with Gasteiger partial charge in [-0.1, -0.05) is 18.9 Å². The highest BCUT2D eigenvalue weighted by molar-refractivity contribution is 5.77. The van der Waals surface area contributed by atoms with E-state index in [-0.39, 0.29) is 5.41 Å². The number of fused-ring (bicyclic) bond motifs is 1. The Kier molecular flexibility index (Phi) is 3.09. The number of imidazole rings is 1. The van der Waals surface area contributed by atoms with E-state index in [9.17, 15) is 0 Å². The summed E-state index contributed by atoms with van der Waals surface area (Å²) in [4.78, 5) is 4.95. The molecule has 1 saturated carbocycles. The van der Waals surface area contributed by atoms with Gasteiger partial charge in [0.15, 0.2) is 0 Å². The highest BCUT2D eigenvalue weighted by Crippen LogP contribution is 2.40. The molecule has 0 spiro atoms. The fourth-order valence-corrected chi connectivity index (χ4v) is 3.54. The summed E-state index contributed by atoms with van der Waals surface area (Å²) in [6.07, 6.45) is 4.93. The third kappa shape index (κ3) is 1.88. The van der Waals surface area contributed by atoms with Gasteiger partial charge < -0.3 is 10.3 Å². The van der Waals surface area contributed by atoms with E-state index in [1.54, 1.807) is 0 Å². The predicted octanol–water partition coefficient (Wildman–Crippen LogP) is 3.14. The van der Waals surface area contributed by atoms with Crippen LogP contribution >= 0.6 is 0 Å². The van der Waals surface area contributed by atoms with Gasteiger partial charge in [-0.2, -0.15) is 0 Å². The molecule has 3 nitrogen and oxygen atoms in total. The van der Waals surface area contributed by atoms with E-state index in [0.717, 1.165) is 18.6 Å². The summed E-state index contributed by atoms with van der Waals surface area (Å²) in [5, 5.41) is 0. The molecule has 1 heterocycles. The van der Waals surface area contributed by atoms with Gasteiger partial charge in [-0.05, 0) is 44.4 Å². The quantitative estimate of drug-likeness (QED) is 0.918. The van der Waals surface area contributed by atoms with Crippen molar-refractivity contribution < 1.29 is 0 Å². The minimum Gasteiger partial charge on any atom is -0.329 e. The Hall–Kier alpha value is -1.35. The second kappa shape index (κ2) is 4.64. The highest BCUT2D eigenvalue weighted by Gasteiger charge is 2.38. The zero-order valence-electron chi connectivity index (χ0n) is 11.9. The molecule has 1 aromatic heterocycles. The molecule has 1 aliphatic rings. The van der Waals surface area contributed by atoms with Crippen molar-refractivity contribution in [2.45, 2.75) is 51.5 Å². The fourth-order valence-electron chi connectivity index (χ4n) is 3.54. The maximum absolute atomic E-state index is 6.12. The molecule has 0 saturated heterocycles. The second-order valence-corrected chi connectivity index (χ2v) is 5.86. The summed E-state index contributed by atoms with van der Waals surface area (Å²) in [6.45, 7) is 6.01. The van der Waals surface area contributed by atoms with Gasteiger partial charge >= 0.3 is 0 Å². The maximum atomic E-state index is 6.12. The monoisotopic (exact) mass is 257 g/mol. The van der Waals surface area contributed by atoms with Crippen LogP contribution in [-0.4, -0.2) is 16.1 Å². The van der Waals surface area contributed by atoms with Crippen molar-refractivity contribution in [2.24, 2.45) is 5.73 Å². The number of nitrogens with zero attached hydrogens (tertiary/aromatic N) is 2. The Morgan fingerprint density at radius 3 is 2.68 bits per heavy atom. The van der Waals surface area contributed by atoms with Crippen LogP contribution in [0.15, 0.2) is 18.2 Å². The lowest BCUT2D eigenvalue weighted by Crippen LogP contribution is -2.35. The van der Waals surface area contributed by atoms with Gasteiger partial charge in [0.05, 0.1) is 11.0 Å². The SMILES string of the molecule is CCn1c(C2(CN)CCCC2)nc2cc(C)ccc21. The van der Waals surface area contributed by atoms with Crippen LogP contribution in [0.4, 0.5) is 0 Å². The molecule has 2 N–H and O–H groups in total. The van der Waals surface area contributed by atoms with Crippen LogP contribution in [0.1, 0.15) is 44.0 Å². The molecule has 3 rings (SSSR count). The van der Waals surface area contributed by atoms with Crippen LogP contribution in [0.5, 0.6) is 0 Å². The van der Waals surface area contributed by atoms with E-state index < -0.39 is 0 Å². The van der Waals surface area contributed by atoms with E-state index >= 15 is 0 Å². The van der Waals surface area contributed by atoms with Crippen LogP contribution in [0.2, 0.25) is 0 Å². The summed E-state index contributed by atoms with van der Waals surface area (Å²) in [6, 6.07) is 6.55. The fraction of sp³-hybridized carbons (Fsp3) is 0.562. The standard InChI is InChI=1S/C16H23N3/c1-3-19-14-7-6-12(2)10-13(14)18-15(19)16(11-17)8-4-5-9-16/h6-7,10H,3-5,8-9,11,17H2,1-2H3. The van der Waals surface area contributed by atoms with Crippen LogP contribution in [0.3, 0.4) is 0 Å². The van der Waals surface area contributed by atoms with Crippen molar-refractivity contribution in [2.75, 3.05) is 6.54 Å². The molecule has 0 atom stereocenters. The number of nitrogens with two attached hydrogens (primary N) is 1. The van der Waals surface area contributed by atoms with Crippen LogP contribution < -0.4 is 5.73 Å². The third-order valence-corrected chi connectivity index (χ3v) is 4.65. The third-order valence-electron chi connectivity index (χ3n) is 4.65. The summed E-state index contributed by atoms with van der Waals surface area (Å²) in [7, 11) is 0. The summed E-state index contributed by atoms with van der Waals surface area (Å²) in [5.41, 5.74) is 9.88. The topological polar surface area (TPSA) is 43.8 Å². The number of benzene rings is 1. The van der Waals surface area contributed by atoms with E-state index in [1.807, 2.05) is 0 Å². The number of aryl methyl sites for hydroxylation is 2. The molecule has 0 unspecified atom stereocenters. The molecular weight excluding hydrogens is 234 g/mol. The predicted molar refractivity (Wildman–Crippen MR) is 79.3 cm³/mol. The first-order valence-corrected chi connectivity index (χ1v) is 7.37. The minimum atomic E-state index is 0.114. The van der Waals surface area contributed by atoms with Gasteiger partial charge in [0.25, 0.3) is 0 Å². The average molecular weight is 257 g/mol. The van der Waals surface area contributed by atoms with Crippen LogP contribution in [-0.2, 0) is 12.0 Å². The van der Waals surface area contributed by atoms with E-state index in [2.05, 4.69) is 36.6 Å². The number of rotatable bonds is 3. The van der Waals surface area contributed by atoms with Crippen LogP contribution in [0, 0.1) is 6.92 Å². The Morgan fingerprint density at radius 1 is 1.32 bits per heavy atom. The molecular formula is C16H23N3. The van der Waals surface area contributed by atoms with E-state index in [1.165, 1.54) is 42.6 Å². The molecule has 0 amide bonds. The van der Waals surface area contributed by atoms with Gasteiger partial charge in [-0.15, -0.1) is 0 Å². The molecule has 1 fully saturated rings. The molecule has 1 aromatic carbocycles. The summed E-state index contributed by atoms with van der Waals surface area (Å²) in [5.74, 6) is 1.22. The van der Waals surface area contributed by atoms with Gasteiger partial charge in [-0.25, -0.2) is 4.98 Å². The van der Waals surface area contributed by atoms with Crippen molar-refractivity contribution >= 4 is 11.0 Å². The molecule has 19 heavy (non-hydrogen) atoms. The molecule has 0 aliphatic heterocycles. The van der Waals surface area contributed by atoms with Crippen LogP contribution in [0.25, 0.3) is 11.0 Å². The number of aromatic nitrogens is 2. The lowest BCUT2D eigenvalue weighted by molar-refractivity contribution is 0.407. The van der Waals surface area contributed by atoms with Crippen molar-refractivity contribution in [3.8, 4) is 0 Å². The smallest absolute Gasteiger partial charge is 0.117 e. The van der Waals surface area contributed by atoms with Gasteiger partial charge in [-0.3, -0.25) is 0 Å². The zero-order chi connectivity index (χ0) is 13.5. The summed E-state index contributed by atoms with van der Waals surface area (Å²) < 4.78 is 2.37. The summed E-state index contributed by atoms with van der Waals surface area (Å²) >= 11 is 0. The van der Waals surface area contributed by atoms with Gasteiger partial charge in [0, 0.05) is 18.5 Å². The first kappa shape index (κ1) is 12.7. The second-order valence-electron chi connectivity index (χ2n) is 5.86. The average Bonchev–Trinajstić information content (AvgIpc) is 3.02. The minimum absolute atomic E-state index is 0.114. The number of hydrogen-bond donors (Lipinski definition) is 1. The normalized spacial score (nSPS) is 18.3. The lowest BCUT2D eigenvalue weighted by Gasteiger charge is -2.27. The Morgan fingerprint density at radius 2 is 2.05 bits per heavy atom. The Balaban J connectivity index is 2.22. The Bertz CT molecular complexity index is 591. The molecule has 0 bridgehead atoms. The molecule has 102 valence electrons. The van der Waals surface area contributed by atoms with Gasteiger partial charge in [0.1, 0.15) is 5.82 Å².